The van der Waals surface area contributed by atoms with Crippen LogP contribution in [0.1, 0.15) is 58.7 Å². The van der Waals surface area contributed by atoms with Gasteiger partial charge in [-0.05, 0) is 52.2 Å². The standard InChI is InChI=1S/C22H27FN4O3.CH4/c1-13-8-17(29-12-22(6-5-7-22)20(28)30-21(2,3)4)26-11-15(13)14-9-16(23)18(19(24)25)27-10-14;/h8-11H,5-7,12H2,1-4H3,(H3,24,25);1H4. The third kappa shape index (κ3) is 5.37. The van der Waals surface area contributed by atoms with E-state index in [9.17, 15) is 9.18 Å². The number of hydrogen-bond acceptors (Lipinski definition) is 6. The Morgan fingerprint density at radius 1 is 1.26 bits per heavy atom. The van der Waals surface area contributed by atoms with E-state index in [4.69, 9.17) is 20.6 Å². The van der Waals surface area contributed by atoms with Crippen molar-refractivity contribution in [2.75, 3.05) is 6.61 Å². The summed E-state index contributed by atoms with van der Waals surface area (Å²) in [6.07, 6.45) is 5.45. The molecule has 0 radical (unpaired) electrons. The summed E-state index contributed by atoms with van der Waals surface area (Å²) >= 11 is 0. The number of aromatic nitrogens is 2. The van der Waals surface area contributed by atoms with Crippen LogP contribution in [0.5, 0.6) is 5.88 Å². The Bertz CT molecular complexity index is 981. The molecule has 2 aromatic heterocycles. The molecule has 0 unspecified atom stereocenters. The van der Waals surface area contributed by atoms with E-state index >= 15 is 0 Å². The SMILES string of the molecule is C.Cc1cc(OCC2(C(=O)OC(C)(C)C)CCC2)ncc1-c1cnc(C(=N)N)c(F)c1. The van der Waals surface area contributed by atoms with Crippen LogP contribution in [0.4, 0.5) is 4.39 Å². The number of nitrogens with two attached hydrogens (primary N) is 1. The average Bonchev–Trinajstić information content (AvgIpc) is 2.59. The number of esters is 1. The van der Waals surface area contributed by atoms with Crippen molar-refractivity contribution in [1.29, 1.82) is 5.41 Å². The van der Waals surface area contributed by atoms with Crippen LogP contribution in [0.15, 0.2) is 24.5 Å². The summed E-state index contributed by atoms with van der Waals surface area (Å²) in [5, 5.41) is 7.33. The molecule has 7 nitrogen and oxygen atoms in total. The number of pyridine rings is 2. The number of ether oxygens (including phenoxy) is 2. The number of nitrogen functional groups attached to an aromatic ring is 1. The number of nitrogens with one attached hydrogen (secondary N) is 1. The Morgan fingerprint density at radius 3 is 2.42 bits per heavy atom. The van der Waals surface area contributed by atoms with Gasteiger partial charge in [-0.1, -0.05) is 13.8 Å². The van der Waals surface area contributed by atoms with Crippen molar-refractivity contribution in [2.24, 2.45) is 11.1 Å². The maximum absolute atomic E-state index is 14.1. The fraction of sp³-hybridized carbons (Fsp3) is 0.478. The van der Waals surface area contributed by atoms with E-state index in [1.807, 2.05) is 27.7 Å². The lowest BCUT2D eigenvalue weighted by Gasteiger charge is -2.40. The average molecular weight is 431 g/mol. The minimum Gasteiger partial charge on any atom is -0.476 e. The summed E-state index contributed by atoms with van der Waals surface area (Å²) < 4.78 is 25.5. The van der Waals surface area contributed by atoms with Gasteiger partial charge in [-0.15, -0.1) is 0 Å². The molecule has 0 spiro atoms. The molecule has 0 aromatic carbocycles. The first-order valence-corrected chi connectivity index (χ1v) is 9.84. The maximum Gasteiger partial charge on any atom is 0.316 e. The molecule has 1 fully saturated rings. The number of carbonyl (C=O) groups excluding carboxylic acids is 1. The van der Waals surface area contributed by atoms with E-state index < -0.39 is 22.7 Å². The Kier molecular flexibility index (Phi) is 7.03. The molecule has 0 bridgehead atoms. The normalized spacial score (nSPS) is 14.7. The van der Waals surface area contributed by atoms with Crippen molar-refractivity contribution in [3.05, 3.63) is 41.6 Å². The second-order valence-electron chi connectivity index (χ2n) is 8.73. The zero-order valence-corrected chi connectivity index (χ0v) is 17.7. The Labute approximate surface area is 182 Å². The van der Waals surface area contributed by atoms with E-state index in [0.717, 1.165) is 24.8 Å². The molecule has 1 aliphatic carbocycles. The Hall–Kier alpha value is -3.03. The molecule has 0 aliphatic heterocycles. The van der Waals surface area contributed by atoms with E-state index in [1.165, 1.54) is 12.3 Å². The van der Waals surface area contributed by atoms with Gasteiger partial charge in [0.25, 0.3) is 0 Å². The van der Waals surface area contributed by atoms with Crippen molar-refractivity contribution in [3.8, 4) is 17.0 Å². The van der Waals surface area contributed by atoms with Crippen molar-refractivity contribution in [3.63, 3.8) is 0 Å². The Morgan fingerprint density at radius 2 is 1.94 bits per heavy atom. The predicted octanol–water partition coefficient (Wildman–Crippen LogP) is 4.40. The van der Waals surface area contributed by atoms with Crippen LogP contribution in [0.2, 0.25) is 0 Å². The van der Waals surface area contributed by atoms with Crippen molar-refractivity contribution in [2.45, 2.75) is 60.0 Å². The molecule has 8 heteroatoms. The number of rotatable bonds is 6. The van der Waals surface area contributed by atoms with Crippen molar-refractivity contribution >= 4 is 11.8 Å². The highest BCUT2D eigenvalue weighted by Gasteiger charge is 2.47. The topological polar surface area (TPSA) is 111 Å². The van der Waals surface area contributed by atoms with Gasteiger partial charge in [0.2, 0.25) is 5.88 Å². The lowest BCUT2D eigenvalue weighted by Crippen LogP contribution is -2.46. The molecule has 1 saturated carbocycles. The maximum atomic E-state index is 14.1. The van der Waals surface area contributed by atoms with Gasteiger partial charge in [0.1, 0.15) is 29.2 Å². The van der Waals surface area contributed by atoms with Gasteiger partial charge >= 0.3 is 5.97 Å². The first-order valence-electron chi connectivity index (χ1n) is 9.84. The minimum absolute atomic E-state index is 0. The van der Waals surface area contributed by atoms with Gasteiger partial charge < -0.3 is 15.2 Å². The van der Waals surface area contributed by atoms with E-state index in [0.29, 0.717) is 17.0 Å². The quantitative estimate of drug-likeness (QED) is 0.399. The molecule has 168 valence electrons. The van der Waals surface area contributed by atoms with E-state index in [1.54, 1.807) is 12.3 Å². The molecule has 0 atom stereocenters. The third-order valence-electron chi connectivity index (χ3n) is 5.13. The van der Waals surface area contributed by atoms with Crippen LogP contribution in [0.25, 0.3) is 11.1 Å². The summed E-state index contributed by atoms with van der Waals surface area (Å²) in [6, 6.07) is 3.02. The van der Waals surface area contributed by atoms with Gasteiger partial charge in [-0.25, -0.2) is 14.4 Å². The monoisotopic (exact) mass is 430 g/mol. The first-order chi connectivity index (χ1) is 14.0. The van der Waals surface area contributed by atoms with Gasteiger partial charge in [-0.3, -0.25) is 10.2 Å². The second kappa shape index (κ2) is 8.99. The van der Waals surface area contributed by atoms with Crippen LogP contribution in [-0.2, 0) is 9.53 Å². The van der Waals surface area contributed by atoms with Crippen LogP contribution in [-0.4, -0.2) is 34.0 Å². The summed E-state index contributed by atoms with van der Waals surface area (Å²) in [5.41, 5.74) is 5.99. The summed E-state index contributed by atoms with van der Waals surface area (Å²) in [7, 11) is 0. The van der Waals surface area contributed by atoms with Gasteiger partial charge in [0, 0.05) is 29.6 Å². The third-order valence-corrected chi connectivity index (χ3v) is 5.13. The Balaban J connectivity index is 0.00000341. The highest BCUT2D eigenvalue weighted by molar-refractivity contribution is 5.93. The second-order valence-corrected chi connectivity index (χ2v) is 8.73. The molecule has 3 rings (SSSR count). The summed E-state index contributed by atoms with van der Waals surface area (Å²) in [6.45, 7) is 7.61. The molecule has 3 N–H and O–H groups in total. The van der Waals surface area contributed by atoms with E-state index in [-0.39, 0.29) is 25.7 Å². The zero-order chi connectivity index (χ0) is 22.1. The van der Waals surface area contributed by atoms with Gasteiger partial charge in [-0.2, -0.15) is 0 Å². The lowest BCUT2D eigenvalue weighted by molar-refractivity contribution is -0.176. The molecular formula is C23H31FN4O3. The summed E-state index contributed by atoms with van der Waals surface area (Å²) in [4.78, 5) is 20.8. The zero-order valence-electron chi connectivity index (χ0n) is 17.7. The number of halogens is 1. The highest BCUT2D eigenvalue weighted by atomic mass is 19.1. The molecule has 1 aliphatic rings. The first kappa shape index (κ1) is 24.2. The molecule has 0 amide bonds. The van der Waals surface area contributed by atoms with Crippen LogP contribution >= 0.6 is 0 Å². The molecular weight excluding hydrogens is 399 g/mol. The smallest absolute Gasteiger partial charge is 0.316 e. The number of amidine groups is 1. The van der Waals surface area contributed by atoms with Crippen molar-refractivity contribution in [1.82, 2.24) is 9.97 Å². The number of nitrogens with zero attached hydrogens (tertiary/aromatic N) is 2. The summed E-state index contributed by atoms with van der Waals surface area (Å²) in [5.74, 6) is -0.932. The largest absolute Gasteiger partial charge is 0.476 e. The van der Waals surface area contributed by atoms with Crippen LogP contribution in [0, 0.1) is 23.6 Å². The van der Waals surface area contributed by atoms with Crippen molar-refractivity contribution < 1.29 is 18.7 Å². The fourth-order valence-electron chi connectivity index (χ4n) is 3.30. The predicted molar refractivity (Wildman–Crippen MR) is 118 cm³/mol. The lowest BCUT2D eigenvalue weighted by atomic mass is 9.69. The number of aryl methyl sites for hydroxylation is 1. The number of carbonyl (C=O) groups is 1. The van der Waals surface area contributed by atoms with Gasteiger partial charge in [0.05, 0.1) is 0 Å². The minimum atomic E-state index is -0.663. The van der Waals surface area contributed by atoms with Crippen LogP contribution < -0.4 is 10.5 Å². The molecule has 0 saturated heterocycles. The van der Waals surface area contributed by atoms with E-state index in [2.05, 4.69) is 9.97 Å². The fourth-order valence-corrected chi connectivity index (χ4v) is 3.30. The number of hydrogen-bond donors (Lipinski definition) is 2. The molecule has 2 aromatic rings. The molecule has 2 heterocycles. The van der Waals surface area contributed by atoms with Crippen LogP contribution in [0.3, 0.4) is 0 Å². The highest BCUT2D eigenvalue weighted by Crippen LogP contribution is 2.43. The molecule has 31 heavy (non-hydrogen) atoms. The van der Waals surface area contributed by atoms with Gasteiger partial charge in [0.15, 0.2) is 5.82 Å².